The molecule has 0 saturated heterocycles. The van der Waals surface area contributed by atoms with Crippen molar-refractivity contribution in [2.45, 2.75) is 51.5 Å². The Morgan fingerprint density at radius 1 is 1.10 bits per heavy atom. The van der Waals surface area contributed by atoms with Crippen LogP contribution in [-0.4, -0.2) is 47.7 Å². The van der Waals surface area contributed by atoms with E-state index in [2.05, 4.69) is 24.1 Å². The molecule has 0 atom stereocenters. The monoisotopic (exact) mass is 294 g/mol. The standard InChI is InChI=1S/C17H30N2O2/c1-3-19(4-2)6-5-18-17(16(20)21)14-8-12-7-13(10-14)11-15(17)9-12/h12-15,18H,3-11H2,1-2H3,(H,20,21). The second-order valence-electron chi connectivity index (χ2n) is 7.43. The molecule has 0 aromatic carbocycles. The second kappa shape index (κ2) is 5.88. The van der Waals surface area contributed by atoms with Gasteiger partial charge >= 0.3 is 5.97 Å². The molecule has 0 amide bonds. The first-order chi connectivity index (χ1) is 10.1. The fourth-order valence-electron chi connectivity index (χ4n) is 5.60. The molecule has 0 aliphatic heterocycles. The molecule has 0 heterocycles. The molecule has 4 fully saturated rings. The van der Waals surface area contributed by atoms with Gasteiger partial charge in [-0.2, -0.15) is 0 Å². The van der Waals surface area contributed by atoms with Crippen molar-refractivity contribution >= 4 is 5.97 Å². The SMILES string of the molecule is CCN(CC)CCNC1(C(=O)O)C2CC3CC(C2)CC1C3. The highest BCUT2D eigenvalue weighted by molar-refractivity contribution is 5.80. The minimum absolute atomic E-state index is 0.364. The van der Waals surface area contributed by atoms with Crippen molar-refractivity contribution in [3.8, 4) is 0 Å². The molecule has 120 valence electrons. The molecule has 4 aliphatic rings. The number of carboxylic acids is 1. The maximum Gasteiger partial charge on any atom is 0.324 e. The Morgan fingerprint density at radius 3 is 2.05 bits per heavy atom. The van der Waals surface area contributed by atoms with E-state index in [0.717, 1.165) is 63.7 Å². The summed E-state index contributed by atoms with van der Waals surface area (Å²) in [5.41, 5.74) is -0.624. The first-order valence-corrected chi connectivity index (χ1v) is 8.80. The van der Waals surface area contributed by atoms with Gasteiger partial charge in [0.15, 0.2) is 0 Å². The van der Waals surface area contributed by atoms with E-state index in [1.807, 2.05) is 0 Å². The average Bonchev–Trinajstić information content (AvgIpc) is 2.45. The minimum Gasteiger partial charge on any atom is -0.480 e. The summed E-state index contributed by atoms with van der Waals surface area (Å²) in [6.07, 6.45) is 5.91. The zero-order valence-electron chi connectivity index (χ0n) is 13.5. The second-order valence-corrected chi connectivity index (χ2v) is 7.43. The van der Waals surface area contributed by atoms with Gasteiger partial charge in [0.05, 0.1) is 0 Å². The van der Waals surface area contributed by atoms with Crippen molar-refractivity contribution in [3.63, 3.8) is 0 Å². The van der Waals surface area contributed by atoms with E-state index < -0.39 is 11.5 Å². The zero-order chi connectivity index (χ0) is 15.0. The lowest BCUT2D eigenvalue weighted by Crippen LogP contribution is -2.69. The highest BCUT2D eigenvalue weighted by Crippen LogP contribution is 2.58. The lowest BCUT2D eigenvalue weighted by Gasteiger charge is -2.59. The number of hydrogen-bond donors (Lipinski definition) is 2. The number of hydrogen-bond acceptors (Lipinski definition) is 3. The minimum atomic E-state index is -0.624. The van der Waals surface area contributed by atoms with Crippen molar-refractivity contribution in [2.24, 2.45) is 23.7 Å². The zero-order valence-corrected chi connectivity index (χ0v) is 13.5. The molecular formula is C17H30N2O2. The van der Waals surface area contributed by atoms with Crippen LogP contribution >= 0.6 is 0 Å². The summed E-state index contributed by atoms with van der Waals surface area (Å²) in [6, 6.07) is 0. The van der Waals surface area contributed by atoms with Crippen molar-refractivity contribution in [1.82, 2.24) is 10.2 Å². The van der Waals surface area contributed by atoms with E-state index in [0.29, 0.717) is 11.8 Å². The lowest BCUT2D eigenvalue weighted by atomic mass is 9.48. The van der Waals surface area contributed by atoms with Crippen LogP contribution in [0.3, 0.4) is 0 Å². The van der Waals surface area contributed by atoms with Gasteiger partial charge in [0, 0.05) is 13.1 Å². The highest BCUT2D eigenvalue weighted by Gasteiger charge is 2.60. The van der Waals surface area contributed by atoms with Crippen LogP contribution in [0.15, 0.2) is 0 Å². The van der Waals surface area contributed by atoms with Crippen LogP contribution in [-0.2, 0) is 4.79 Å². The molecule has 4 rings (SSSR count). The summed E-state index contributed by atoms with van der Waals surface area (Å²) in [7, 11) is 0. The molecule has 0 radical (unpaired) electrons. The quantitative estimate of drug-likeness (QED) is 0.756. The predicted octanol–water partition coefficient (Wildman–Crippen LogP) is 2.20. The third kappa shape index (κ3) is 2.50. The summed E-state index contributed by atoms with van der Waals surface area (Å²) in [4.78, 5) is 14.5. The maximum atomic E-state index is 12.2. The van der Waals surface area contributed by atoms with E-state index in [1.54, 1.807) is 0 Å². The van der Waals surface area contributed by atoms with Crippen LogP contribution < -0.4 is 5.32 Å². The molecule has 4 nitrogen and oxygen atoms in total. The summed E-state index contributed by atoms with van der Waals surface area (Å²) in [5, 5.41) is 13.5. The van der Waals surface area contributed by atoms with Gasteiger partial charge in [-0.05, 0) is 68.9 Å². The van der Waals surface area contributed by atoms with Gasteiger partial charge < -0.3 is 15.3 Å². The third-order valence-corrected chi connectivity index (χ3v) is 6.52. The van der Waals surface area contributed by atoms with Gasteiger partial charge in [-0.3, -0.25) is 4.79 Å². The molecule has 0 spiro atoms. The average molecular weight is 294 g/mol. The van der Waals surface area contributed by atoms with Crippen molar-refractivity contribution in [2.75, 3.05) is 26.2 Å². The number of aliphatic carboxylic acids is 1. The Balaban J connectivity index is 1.70. The van der Waals surface area contributed by atoms with Gasteiger partial charge in [-0.1, -0.05) is 13.8 Å². The van der Waals surface area contributed by atoms with Gasteiger partial charge in [0.2, 0.25) is 0 Å². The van der Waals surface area contributed by atoms with E-state index in [9.17, 15) is 9.90 Å². The Labute approximate surface area is 128 Å². The smallest absolute Gasteiger partial charge is 0.324 e. The molecule has 0 aromatic rings. The van der Waals surface area contributed by atoms with Crippen LogP contribution in [0.1, 0.15) is 46.0 Å². The van der Waals surface area contributed by atoms with E-state index in [1.165, 1.54) is 6.42 Å². The van der Waals surface area contributed by atoms with E-state index in [-0.39, 0.29) is 0 Å². The Morgan fingerprint density at radius 2 is 1.62 bits per heavy atom. The number of nitrogens with one attached hydrogen (secondary N) is 1. The number of carboxylic acid groups (broad SMARTS) is 1. The number of carbonyl (C=O) groups is 1. The fourth-order valence-corrected chi connectivity index (χ4v) is 5.60. The molecule has 0 unspecified atom stereocenters. The Kier molecular flexibility index (Phi) is 4.28. The molecular weight excluding hydrogens is 264 g/mol. The predicted molar refractivity (Wildman–Crippen MR) is 83.2 cm³/mol. The van der Waals surface area contributed by atoms with Crippen LogP contribution in [0.2, 0.25) is 0 Å². The maximum absolute atomic E-state index is 12.2. The first-order valence-electron chi connectivity index (χ1n) is 8.80. The molecule has 4 heteroatoms. The fraction of sp³-hybridized carbons (Fsp3) is 0.941. The van der Waals surface area contributed by atoms with Crippen LogP contribution in [0.5, 0.6) is 0 Å². The first kappa shape index (κ1) is 15.3. The van der Waals surface area contributed by atoms with E-state index >= 15 is 0 Å². The summed E-state index contributed by atoms with van der Waals surface area (Å²) < 4.78 is 0. The number of nitrogens with zero attached hydrogens (tertiary/aromatic N) is 1. The van der Waals surface area contributed by atoms with Crippen LogP contribution in [0.4, 0.5) is 0 Å². The molecule has 4 saturated carbocycles. The summed E-state index contributed by atoms with van der Waals surface area (Å²) in [6.45, 7) is 8.16. The molecule has 0 aromatic heterocycles. The molecule has 4 aliphatic carbocycles. The Bertz CT molecular complexity index is 364. The summed E-state index contributed by atoms with van der Waals surface area (Å²) >= 11 is 0. The van der Waals surface area contributed by atoms with Gasteiger partial charge in [0.1, 0.15) is 5.54 Å². The summed E-state index contributed by atoms with van der Waals surface area (Å²) in [5.74, 6) is 1.76. The van der Waals surface area contributed by atoms with Crippen molar-refractivity contribution in [1.29, 1.82) is 0 Å². The lowest BCUT2D eigenvalue weighted by molar-refractivity contribution is -0.164. The topological polar surface area (TPSA) is 52.6 Å². The molecule has 21 heavy (non-hydrogen) atoms. The Hall–Kier alpha value is -0.610. The van der Waals surface area contributed by atoms with Crippen molar-refractivity contribution < 1.29 is 9.90 Å². The van der Waals surface area contributed by atoms with Crippen molar-refractivity contribution in [3.05, 3.63) is 0 Å². The van der Waals surface area contributed by atoms with E-state index in [4.69, 9.17) is 0 Å². The normalized spacial score (nSPS) is 40.9. The molecule has 2 N–H and O–H groups in total. The largest absolute Gasteiger partial charge is 0.480 e. The number of rotatable bonds is 7. The van der Waals surface area contributed by atoms with Crippen LogP contribution in [0.25, 0.3) is 0 Å². The van der Waals surface area contributed by atoms with Crippen LogP contribution in [0, 0.1) is 23.7 Å². The van der Waals surface area contributed by atoms with Gasteiger partial charge in [-0.25, -0.2) is 0 Å². The van der Waals surface area contributed by atoms with Gasteiger partial charge in [-0.15, -0.1) is 0 Å². The highest BCUT2D eigenvalue weighted by atomic mass is 16.4. The third-order valence-electron chi connectivity index (χ3n) is 6.52. The van der Waals surface area contributed by atoms with Gasteiger partial charge in [0.25, 0.3) is 0 Å². The molecule has 4 bridgehead atoms. The number of likely N-dealkylation sites (N-methyl/N-ethyl adjacent to an activating group) is 1.